The van der Waals surface area contributed by atoms with Gasteiger partial charge in [0.1, 0.15) is 11.9 Å². The highest BCUT2D eigenvalue weighted by atomic mass is 19.1. The van der Waals surface area contributed by atoms with Gasteiger partial charge >= 0.3 is 12.0 Å². The number of likely N-dealkylation sites (N-methyl/N-ethyl adjacent to an activating group) is 1. The lowest BCUT2D eigenvalue weighted by Gasteiger charge is -2.24. The summed E-state index contributed by atoms with van der Waals surface area (Å²) in [5, 5.41) is 11.5. The molecule has 5 nitrogen and oxygen atoms in total. The zero-order valence-corrected chi connectivity index (χ0v) is 11.1. The van der Waals surface area contributed by atoms with Crippen molar-refractivity contribution < 1.29 is 19.1 Å². The van der Waals surface area contributed by atoms with Gasteiger partial charge in [-0.2, -0.15) is 0 Å². The Bertz CT molecular complexity index is 491. The first-order valence-corrected chi connectivity index (χ1v) is 5.89. The van der Waals surface area contributed by atoms with Gasteiger partial charge in [-0.05, 0) is 37.1 Å². The van der Waals surface area contributed by atoms with E-state index in [0.717, 1.165) is 4.90 Å². The number of halogens is 1. The van der Waals surface area contributed by atoms with Crippen LogP contribution in [0.25, 0.3) is 0 Å². The molecule has 1 atom stereocenters. The highest BCUT2D eigenvalue weighted by Gasteiger charge is 2.24. The fraction of sp³-hybridized carbons (Fsp3) is 0.385. The minimum absolute atomic E-state index is 0.307. The van der Waals surface area contributed by atoms with Crippen molar-refractivity contribution in [2.24, 2.45) is 0 Å². The van der Waals surface area contributed by atoms with E-state index >= 15 is 0 Å². The molecular formula is C13H17FN2O3. The molecule has 1 unspecified atom stereocenters. The normalized spacial score (nSPS) is 11.8. The molecule has 1 aromatic rings. The van der Waals surface area contributed by atoms with E-state index < -0.39 is 18.0 Å². The molecule has 19 heavy (non-hydrogen) atoms. The number of carbonyl (C=O) groups excluding carboxylic acids is 1. The lowest BCUT2D eigenvalue weighted by atomic mass is 10.2. The topological polar surface area (TPSA) is 69.6 Å². The van der Waals surface area contributed by atoms with Crippen molar-refractivity contribution in [3.8, 4) is 0 Å². The van der Waals surface area contributed by atoms with Crippen molar-refractivity contribution in [1.29, 1.82) is 0 Å². The predicted molar refractivity (Wildman–Crippen MR) is 69.6 cm³/mol. The SMILES string of the molecule is CCC(C(=O)O)N(C)C(=O)Nc1ccc(F)c(C)c1. The van der Waals surface area contributed by atoms with Crippen molar-refractivity contribution in [3.63, 3.8) is 0 Å². The first-order chi connectivity index (χ1) is 8.86. The zero-order valence-electron chi connectivity index (χ0n) is 11.1. The highest BCUT2D eigenvalue weighted by molar-refractivity contribution is 5.92. The molecule has 0 aliphatic heterocycles. The summed E-state index contributed by atoms with van der Waals surface area (Å²) in [4.78, 5) is 23.9. The molecule has 6 heteroatoms. The van der Waals surface area contributed by atoms with Crippen molar-refractivity contribution >= 4 is 17.7 Å². The smallest absolute Gasteiger partial charge is 0.326 e. The molecule has 0 saturated carbocycles. The Morgan fingerprint density at radius 3 is 2.58 bits per heavy atom. The lowest BCUT2D eigenvalue weighted by Crippen LogP contribution is -2.44. The van der Waals surface area contributed by atoms with Crippen LogP contribution in [0.4, 0.5) is 14.9 Å². The van der Waals surface area contributed by atoms with Crippen LogP contribution in [0, 0.1) is 12.7 Å². The van der Waals surface area contributed by atoms with Crippen molar-refractivity contribution in [1.82, 2.24) is 4.90 Å². The maximum Gasteiger partial charge on any atom is 0.326 e. The summed E-state index contributed by atoms with van der Waals surface area (Å²) < 4.78 is 13.1. The van der Waals surface area contributed by atoms with Gasteiger partial charge < -0.3 is 15.3 Å². The Balaban J connectivity index is 2.78. The summed E-state index contributed by atoms with van der Waals surface area (Å²) in [5.41, 5.74) is 0.835. The van der Waals surface area contributed by atoms with Crippen LogP contribution in [0.3, 0.4) is 0 Å². The second-order valence-corrected chi connectivity index (χ2v) is 4.27. The van der Waals surface area contributed by atoms with E-state index in [1.807, 2.05) is 0 Å². The van der Waals surface area contributed by atoms with Crippen LogP contribution < -0.4 is 5.32 Å². The number of aliphatic carboxylic acids is 1. The van der Waals surface area contributed by atoms with E-state index in [9.17, 15) is 14.0 Å². The number of benzene rings is 1. The number of aryl methyl sites for hydroxylation is 1. The Kier molecular flexibility index (Phi) is 4.86. The van der Waals surface area contributed by atoms with Gasteiger partial charge in [0.25, 0.3) is 0 Å². The van der Waals surface area contributed by atoms with Crippen LogP contribution in [-0.4, -0.2) is 35.1 Å². The average Bonchev–Trinajstić information content (AvgIpc) is 2.34. The molecule has 0 aliphatic carbocycles. The Morgan fingerprint density at radius 1 is 1.47 bits per heavy atom. The molecule has 0 aliphatic rings. The molecule has 0 aromatic heterocycles. The molecule has 2 amide bonds. The fourth-order valence-corrected chi connectivity index (χ4v) is 1.69. The monoisotopic (exact) mass is 268 g/mol. The molecule has 0 saturated heterocycles. The van der Waals surface area contributed by atoms with Gasteiger partial charge in [-0.25, -0.2) is 14.0 Å². The number of carboxylic acids is 1. The Labute approximate surface area is 111 Å². The summed E-state index contributed by atoms with van der Waals surface area (Å²) >= 11 is 0. The van der Waals surface area contributed by atoms with Crippen LogP contribution in [0.5, 0.6) is 0 Å². The number of amides is 2. The third-order valence-corrected chi connectivity index (χ3v) is 2.87. The molecule has 1 rings (SSSR count). The van der Waals surface area contributed by atoms with E-state index in [-0.39, 0.29) is 5.82 Å². The molecule has 0 heterocycles. The van der Waals surface area contributed by atoms with E-state index in [2.05, 4.69) is 5.32 Å². The van der Waals surface area contributed by atoms with E-state index in [0.29, 0.717) is 17.7 Å². The number of carboxylic acid groups (broad SMARTS) is 1. The summed E-state index contributed by atoms with van der Waals surface area (Å²) in [6.07, 6.45) is 0.307. The van der Waals surface area contributed by atoms with Gasteiger partial charge in [0.05, 0.1) is 0 Å². The average molecular weight is 268 g/mol. The molecular weight excluding hydrogens is 251 g/mol. The number of carbonyl (C=O) groups is 2. The number of anilines is 1. The number of nitrogens with one attached hydrogen (secondary N) is 1. The molecule has 1 aromatic carbocycles. The highest BCUT2D eigenvalue weighted by Crippen LogP contribution is 2.14. The van der Waals surface area contributed by atoms with Crippen LogP contribution in [-0.2, 0) is 4.79 Å². The van der Waals surface area contributed by atoms with E-state index in [4.69, 9.17) is 5.11 Å². The third-order valence-electron chi connectivity index (χ3n) is 2.87. The number of rotatable bonds is 4. The molecule has 104 valence electrons. The summed E-state index contributed by atoms with van der Waals surface area (Å²) in [7, 11) is 1.41. The lowest BCUT2D eigenvalue weighted by molar-refractivity contribution is -0.141. The van der Waals surface area contributed by atoms with Gasteiger partial charge in [-0.15, -0.1) is 0 Å². The molecule has 2 N–H and O–H groups in total. The van der Waals surface area contributed by atoms with Gasteiger partial charge in [0, 0.05) is 12.7 Å². The third kappa shape index (κ3) is 3.67. The Morgan fingerprint density at radius 2 is 2.11 bits per heavy atom. The van der Waals surface area contributed by atoms with Crippen molar-refractivity contribution in [3.05, 3.63) is 29.6 Å². The first kappa shape index (κ1) is 14.9. The van der Waals surface area contributed by atoms with Gasteiger partial charge in [0.15, 0.2) is 0 Å². The largest absolute Gasteiger partial charge is 0.480 e. The van der Waals surface area contributed by atoms with Crippen molar-refractivity contribution in [2.75, 3.05) is 12.4 Å². The minimum atomic E-state index is -1.06. The second-order valence-electron chi connectivity index (χ2n) is 4.27. The summed E-state index contributed by atoms with van der Waals surface area (Å²) in [6, 6.07) is 2.74. The predicted octanol–water partition coefficient (Wildman–Crippen LogP) is 2.46. The minimum Gasteiger partial charge on any atom is -0.480 e. The quantitative estimate of drug-likeness (QED) is 0.881. The number of hydrogen-bond donors (Lipinski definition) is 2. The fourth-order valence-electron chi connectivity index (χ4n) is 1.69. The van der Waals surface area contributed by atoms with E-state index in [1.54, 1.807) is 13.8 Å². The Hall–Kier alpha value is -2.11. The maximum atomic E-state index is 13.1. The second kappa shape index (κ2) is 6.17. The maximum absolute atomic E-state index is 13.1. The summed E-state index contributed by atoms with van der Waals surface area (Å²) in [6.45, 7) is 3.27. The molecule has 0 spiro atoms. The molecule has 0 bridgehead atoms. The van der Waals surface area contributed by atoms with E-state index in [1.165, 1.54) is 25.2 Å². The zero-order chi connectivity index (χ0) is 14.6. The number of nitrogens with zero attached hydrogens (tertiary/aromatic N) is 1. The number of urea groups is 1. The first-order valence-electron chi connectivity index (χ1n) is 5.89. The van der Waals surface area contributed by atoms with Crippen molar-refractivity contribution in [2.45, 2.75) is 26.3 Å². The van der Waals surface area contributed by atoms with Gasteiger partial charge in [-0.3, -0.25) is 0 Å². The van der Waals surface area contributed by atoms with Gasteiger partial charge in [0.2, 0.25) is 0 Å². The molecule has 0 fully saturated rings. The molecule has 0 radical (unpaired) electrons. The van der Waals surface area contributed by atoms with Crippen LogP contribution in [0.2, 0.25) is 0 Å². The standard InChI is InChI=1S/C13H17FN2O3/c1-4-11(12(17)18)16(3)13(19)15-9-5-6-10(14)8(2)7-9/h5-7,11H,4H2,1-3H3,(H,15,19)(H,17,18). The number of hydrogen-bond acceptors (Lipinski definition) is 2. The van der Waals surface area contributed by atoms with Crippen LogP contribution in [0.1, 0.15) is 18.9 Å². The summed E-state index contributed by atoms with van der Waals surface area (Å²) in [5.74, 6) is -1.42. The van der Waals surface area contributed by atoms with Gasteiger partial charge in [-0.1, -0.05) is 6.92 Å². The van der Waals surface area contributed by atoms with Crippen LogP contribution in [0.15, 0.2) is 18.2 Å². The van der Waals surface area contributed by atoms with Crippen LogP contribution >= 0.6 is 0 Å².